The molecular formula is C24H30FNO5S. The van der Waals surface area contributed by atoms with Crippen LogP contribution in [0.2, 0.25) is 0 Å². The summed E-state index contributed by atoms with van der Waals surface area (Å²) in [5.41, 5.74) is 0.348. The van der Waals surface area contributed by atoms with Crippen molar-refractivity contribution in [1.82, 2.24) is 5.32 Å². The Labute approximate surface area is 188 Å². The molecule has 1 aliphatic heterocycles. The van der Waals surface area contributed by atoms with Crippen LogP contribution in [0, 0.1) is 17.7 Å². The van der Waals surface area contributed by atoms with Crippen LogP contribution in [-0.2, 0) is 24.8 Å². The van der Waals surface area contributed by atoms with E-state index >= 15 is 0 Å². The van der Waals surface area contributed by atoms with Crippen LogP contribution in [0.5, 0.6) is 5.75 Å². The summed E-state index contributed by atoms with van der Waals surface area (Å²) < 4.78 is 45.1. The van der Waals surface area contributed by atoms with Gasteiger partial charge in [0.15, 0.2) is 21.4 Å². The summed E-state index contributed by atoms with van der Waals surface area (Å²) in [7, 11) is -3.43. The number of amides is 2. The Morgan fingerprint density at radius 3 is 2.66 bits per heavy atom. The third kappa shape index (κ3) is 5.97. The molecule has 4 rings (SSSR count). The zero-order valence-electron chi connectivity index (χ0n) is 18.1. The minimum atomic E-state index is -3.43. The number of carbonyl (C=O) groups is 2. The molecule has 2 aliphatic carbocycles. The van der Waals surface area contributed by atoms with Gasteiger partial charge in [0.05, 0.1) is 12.4 Å². The van der Waals surface area contributed by atoms with Crippen molar-refractivity contribution in [1.29, 1.82) is 0 Å². The predicted molar refractivity (Wildman–Crippen MR) is 118 cm³/mol. The topological polar surface area (TPSA) is 89.5 Å². The zero-order chi connectivity index (χ0) is 22.8. The number of sulfone groups is 1. The third-order valence-electron chi connectivity index (χ3n) is 6.63. The highest BCUT2D eigenvalue weighted by atomic mass is 32.2. The molecule has 0 radical (unpaired) electrons. The highest BCUT2D eigenvalue weighted by Crippen LogP contribution is 2.50. The Morgan fingerprint density at radius 2 is 1.97 bits per heavy atom. The van der Waals surface area contributed by atoms with Crippen LogP contribution in [0.25, 0.3) is 0 Å². The molecule has 0 spiro atoms. The summed E-state index contributed by atoms with van der Waals surface area (Å²) in [5, 5.41) is 3.61. The van der Waals surface area contributed by atoms with Gasteiger partial charge in [-0.05, 0) is 75.0 Å². The SMILES string of the molecule is O=C1CCC(CCC/C=C/S(=O)(=O)CC2(c3ccc(F)c(OCC4CC4)c3)CC2)C(=O)N1. The van der Waals surface area contributed by atoms with Crippen LogP contribution >= 0.6 is 0 Å². The second kappa shape index (κ2) is 9.33. The smallest absolute Gasteiger partial charge is 0.229 e. The van der Waals surface area contributed by atoms with Gasteiger partial charge in [0.2, 0.25) is 11.8 Å². The van der Waals surface area contributed by atoms with Crippen LogP contribution in [-0.4, -0.2) is 32.6 Å². The number of halogens is 1. The highest BCUT2D eigenvalue weighted by molar-refractivity contribution is 7.94. The molecule has 1 atom stereocenters. The Bertz CT molecular complexity index is 1010. The number of carbonyl (C=O) groups excluding carboxylic acids is 2. The van der Waals surface area contributed by atoms with Crippen molar-refractivity contribution in [3.8, 4) is 5.75 Å². The molecule has 1 unspecified atom stereocenters. The van der Waals surface area contributed by atoms with Gasteiger partial charge in [0, 0.05) is 23.2 Å². The number of hydrogen-bond donors (Lipinski definition) is 1. The molecule has 3 fully saturated rings. The molecule has 1 aromatic rings. The largest absolute Gasteiger partial charge is 0.490 e. The number of ether oxygens (including phenoxy) is 1. The molecule has 1 N–H and O–H groups in total. The van der Waals surface area contributed by atoms with Crippen molar-refractivity contribution < 1.29 is 27.1 Å². The Morgan fingerprint density at radius 1 is 1.19 bits per heavy atom. The van der Waals surface area contributed by atoms with Gasteiger partial charge < -0.3 is 4.74 Å². The number of allylic oxidation sites excluding steroid dienone is 1. The predicted octanol–water partition coefficient (Wildman–Crippen LogP) is 3.80. The quantitative estimate of drug-likeness (QED) is 0.398. The normalized spacial score (nSPS) is 22.7. The zero-order valence-corrected chi connectivity index (χ0v) is 19.0. The first kappa shape index (κ1) is 23.0. The lowest BCUT2D eigenvalue weighted by Gasteiger charge is -2.20. The summed E-state index contributed by atoms with van der Waals surface area (Å²) in [6.45, 7) is 0.507. The van der Waals surface area contributed by atoms with Crippen LogP contribution in [0.15, 0.2) is 29.7 Å². The first-order valence-electron chi connectivity index (χ1n) is 11.4. The van der Waals surface area contributed by atoms with E-state index in [-0.39, 0.29) is 29.2 Å². The number of imide groups is 1. The average Bonchev–Trinajstić information content (AvgIpc) is 3.65. The van der Waals surface area contributed by atoms with Gasteiger partial charge >= 0.3 is 0 Å². The Balaban J connectivity index is 1.29. The molecule has 32 heavy (non-hydrogen) atoms. The van der Waals surface area contributed by atoms with E-state index in [1.807, 2.05) is 0 Å². The number of unbranched alkanes of at least 4 members (excludes halogenated alkanes) is 1. The number of benzene rings is 1. The van der Waals surface area contributed by atoms with Crippen LogP contribution in [0.4, 0.5) is 4.39 Å². The molecule has 2 amide bonds. The minimum Gasteiger partial charge on any atom is -0.490 e. The van der Waals surface area contributed by atoms with E-state index in [0.29, 0.717) is 44.6 Å². The van der Waals surface area contributed by atoms with Gasteiger partial charge in [0.1, 0.15) is 0 Å². The molecule has 2 saturated carbocycles. The van der Waals surface area contributed by atoms with Gasteiger partial charge in [-0.15, -0.1) is 0 Å². The summed E-state index contributed by atoms with van der Waals surface area (Å²) >= 11 is 0. The Kier molecular flexibility index (Phi) is 6.70. The maximum Gasteiger partial charge on any atom is 0.229 e. The van der Waals surface area contributed by atoms with E-state index in [1.54, 1.807) is 18.2 Å². The lowest BCUT2D eigenvalue weighted by molar-refractivity contribution is -0.136. The fourth-order valence-corrected chi connectivity index (χ4v) is 6.00. The fourth-order valence-electron chi connectivity index (χ4n) is 4.25. The molecule has 1 heterocycles. The first-order chi connectivity index (χ1) is 15.3. The summed E-state index contributed by atoms with van der Waals surface area (Å²) in [6.07, 6.45) is 8.17. The average molecular weight is 464 g/mol. The molecule has 8 heteroatoms. The lowest BCUT2D eigenvalue weighted by Crippen LogP contribution is -2.40. The van der Waals surface area contributed by atoms with Gasteiger partial charge in [-0.25, -0.2) is 12.8 Å². The van der Waals surface area contributed by atoms with E-state index in [4.69, 9.17) is 4.74 Å². The van der Waals surface area contributed by atoms with Crippen LogP contribution in [0.3, 0.4) is 0 Å². The van der Waals surface area contributed by atoms with Crippen molar-refractivity contribution in [2.45, 2.75) is 63.2 Å². The molecule has 1 aromatic carbocycles. The van der Waals surface area contributed by atoms with Crippen LogP contribution in [0.1, 0.15) is 63.4 Å². The molecule has 6 nitrogen and oxygen atoms in total. The first-order valence-corrected chi connectivity index (χ1v) is 13.1. The van der Waals surface area contributed by atoms with Crippen LogP contribution < -0.4 is 10.1 Å². The summed E-state index contributed by atoms with van der Waals surface area (Å²) in [6, 6.07) is 4.71. The van der Waals surface area contributed by atoms with Crippen molar-refractivity contribution in [3.05, 3.63) is 41.1 Å². The number of hydrogen-bond acceptors (Lipinski definition) is 5. The van der Waals surface area contributed by atoms with Gasteiger partial charge in [-0.1, -0.05) is 12.1 Å². The summed E-state index contributed by atoms with van der Waals surface area (Å²) in [4.78, 5) is 23.0. The number of nitrogens with one attached hydrogen (secondary N) is 1. The standard InChI is InChI=1S/C24H30FNO5S/c25-20-9-8-19(14-21(20)31-15-17-5-6-17)24(11-12-24)16-32(29,30)13-3-1-2-4-18-7-10-22(27)26-23(18)28/h3,8-9,13-14,17-18H,1-2,4-7,10-12,15-16H2,(H,26,27,28)/b13-3+. The second-order valence-electron chi connectivity index (χ2n) is 9.44. The van der Waals surface area contributed by atoms with Crippen molar-refractivity contribution in [3.63, 3.8) is 0 Å². The Hall–Kier alpha value is -2.22. The maximum atomic E-state index is 14.1. The lowest BCUT2D eigenvalue weighted by atomic mass is 9.93. The monoisotopic (exact) mass is 463 g/mol. The number of piperidine rings is 1. The van der Waals surface area contributed by atoms with E-state index in [2.05, 4.69) is 5.32 Å². The molecule has 0 aromatic heterocycles. The van der Waals surface area contributed by atoms with E-state index in [9.17, 15) is 22.4 Å². The summed E-state index contributed by atoms with van der Waals surface area (Å²) in [5.74, 6) is -0.332. The van der Waals surface area contributed by atoms with E-state index in [1.165, 1.54) is 11.5 Å². The molecular weight excluding hydrogens is 433 g/mol. The molecule has 0 bridgehead atoms. The van der Waals surface area contributed by atoms with Crippen molar-refractivity contribution in [2.75, 3.05) is 12.4 Å². The molecule has 174 valence electrons. The van der Waals surface area contributed by atoms with Gasteiger partial charge in [-0.3, -0.25) is 14.9 Å². The fraction of sp³-hybridized carbons (Fsp3) is 0.583. The second-order valence-corrected chi connectivity index (χ2v) is 11.3. The van der Waals surface area contributed by atoms with Gasteiger partial charge in [-0.2, -0.15) is 0 Å². The van der Waals surface area contributed by atoms with E-state index < -0.39 is 21.1 Å². The van der Waals surface area contributed by atoms with Gasteiger partial charge in [0.25, 0.3) is 0 Å². The molecule has 3 aliphatic rings. The van der Waals surface area contributed by atoms with Crippen molar-refractivity contribution in [2.24, 2.45) is 11.8 Å². The number of rotatable bonds is 11. The van der Waals surface area contributed by atoms with Crippen molar-refractivity contribution >= 4 is 21.7 Å². The third-order valence-corrected chi connectivity index (χ3v) is 8.19. The highest BCUT2D eigenvalue weighted by Gasteiger charge is 2.47. The maximum absolute atomic E-state index is 14.1. The minimum absolute atomic E-state index is 0.00264. The van der Waals surface area contributed by atoms with E-state index in [0.717, 1.165) is 31.2 Å². The molecule has 1 saturated heterocycles.